The van der Waals surface area contributed by atoms with Crippen molar-refractivity contribution in [2.75, 3.05) is 0 Å². The van der Waals surface area contributed by atoms with E-state index in [-0.39, 0.29) is 18.4 Å². The van der Waals surface area contributed by atoms with Crippen LogP contribution in [0.2, 0.25) is 0 Å². The summed E-state index contributed by atoms with van der Waals surface area (Å²) in [6.07, 6.45) is 6.14. The van der Waals surface area contributed by atoms with Gasteiger partial charge in [0.15, 0.2) is 0 Å². The van der Waals surface area contributed by atoms with Crippen LogP contribution < -0.4 is 5.32 Å². The molecule has 1 atom stereocenters. The molecule has 0 fully saturated rings. The van der Waals surface area contributed by atoms with Crippen molar-refractivity contribution in [3.63, 3.8) is 0 Å². The Kier molecular flexibility index (Phi) is 4.33. The zero-order chi connectivity index (χ0) is 15.3. The van der Waals surface area contributed by atoms with Crippen LogP contribution in [0.25, 0.3) is 0 Å². The van der Waals surface area contributed by atoms with Crippen molar-refractivity contribution in [2.45, 2.75) is 19.0 Å². The van der Waals surface area contributed by atoms with Gasteiger partial charge in [0, 0.05) is 12.3 Å². The number of benzene rings is 1. The second-order valence-electron chi connectivity index (χ2n) is 4.89. The maximum Gasteiger partial charge on any atom is 0.259 e. The molecular weight excluding hydrogens is 268 g/mol. The number of carbonyl (C=O) groups is 3. The molecule has 1 aromatic rings. The molecule has 0 aliphatic carbocycles. The third-order valence-electron chi connectivity index (χ3n) is 3.26. The van der Waals surface area contributed by atoms with Gasteiger partial charge in [-0.15, -0.1) is 0 Å². The Balaban J connectivity index is 2.21. The first kappa shape index (κ1) is 14.7. The minimum atomic E-state index is -1.04. The van der Waals surface area contributed by atoms with Gasteiger partial charge >= 0.3 is 0 Å². The molecule has 0 saturated carbocycles. The molecule has 1 N–H and O–H groups in total. The van der Waals surface area contributed by atoms with Crippen molar-refractivity contribution in [3.05, 3.63) is 60.3 Å². The lowest BCUT2D eigenvalue weighted by atomic mass is 9.96. The lowest BCUT2D eigenvalue weighted by Gasteiger charge is -2.34. The van der Waals surface area contributed by atoms with Crippen molar-refractivity contribution < 1.29 is 14.4 Å². The smallest absolute Gasteiger partial charge is 0.259 e. The lowest BCUT2D eigenvalue weighted by molar-refractivity contribution is -0.147. The number of aldehydes is 1. The van der Waals surface area contributed by atoms with Crippen LogP contribution in [0.4, 0.5) is 0 Å². The van der Waals surface area contributed by atoms with Gasteiger partial charge in [-0.1, -0.05) is 30.3 Å². The predicted molar refractivity (Wildman–Crippen MR) is 77.9 cm³/mol. The Morgan fingerprint density at radius 1 is 1.24 bits per heavy atom. The number of hydrogen-bond donors (Lipinski definition) is 1. The van der Waals surface area contributed by atoms with Gasteiger partial charge < -0.3 is 5.32 Å². The molecule has 5 nitrogen and oxygen atoms in total. The predicted octanol–water partition coefficient (Wildman–Crippen LogP) is 1.17. The first-order valence-electron chi connectivity index (χ1n) is 6.54. The molecule has 0 radical (unpaired) electrons. The number of rotatable bonds is 5. The number of nitrogens with one attached hydrogen (secondary N) is 1. The largest absolute Gasteiger partial charge is 0.374 e. The minimum Gasteiger partial charge on any atom is -0.374 e. The number of allylic oxidation sites excluding steroid dienone is 1. The molecule has 0 bridgehead atoms. The number of imide groups is 1. The first-order valence-corrected chi connectivity index (χ1v) is 6.54. The van der Waals surface area contributed by atoms with Crippen LogP contribution in [0.5, 0.6) is 0 Å². The van der Waals surface area contributed by atoms with Gasteiger partial charge in [0.25, 0.3) is 11.8 Å². The van der Waals surface area contributed by atoms with Crippen molar-refractivity contribution in [2.24, 2.45) is 0 Å². The number of nitrogens with zero attached hydrogens (tertiary/aromatic N) is 1. The average molecular weight is 284 g/mol. The quantitative estimate of drug-likeness (QED) is 0.501. The summed E-state index contributed by atoms with van der Waals surface area (Å²) >= 11 is 0. The second-order valence-corrected chi connectivity index (χ2v) is 4.89. The van der Waals surface area contributed by atoms with Gasteiger partial charge in [-0.2, -0.15) is 0 Å². The van der Waals surface area contributed by atoms with E-state index in [2.05, 4.69) is 5.32 Å². The zero-order valence-corrected chi connectivity index (χ0v) is 11.7. The summed E-state index contributed by atoms with van der Waals surface area (Å²) in [7, 11) is 0. The van der Waals surface area contributed by atoms with Crippen molar-refractivity contribution >= 4 is 18.1 Å². The molecule has 21 heavy (non-hydrogen) atoms. The normalized spacial score (nSPS) is 21.9. The third kappa shape index (κ3) is 3.25. The highest BCUT2D eigenvalue weighted by Gasteiger charge is 2.39. The molecule has 0 saturated heterocycles. The highest BCUT2D eigenvalue weighted by atomic mass is 16.2. The Morgan fingerprint density at radius 2 is 1.95 bits per heavy atom. The van der Waals surface area contributed by atoms with E-state index < -0.39 is 5.54 Å². The highest BCUT2D eigenvalue weighted by Crippen LogP contribution is 2.19. The van der Waals surface area contributed by atoms with Gasteiger partial charge in [-0.05, 0) is 24.6 Å². The molecule has 1 aliphatic heterocycles. The third-order valence-corrected chi connectivity index (χ3v) is 3.26. The molecule has 0 aromatic heterocycles. The standard InChI is InChI=1S/C16H16N2O3/c1-16(17-10-5-11-19)9-8-14(20)18(15(16)21)12-13-6-3-2-4-7-13/h2-11,17H,12H2,1H3/b10-5+/t16-/m0/s1. The zero-order valence-electron chi connectivity index (χ0n) is 11.7. The van der Waals surface area contributed by atoms with Crippen LogP contribution in [-0.4, -0.2) is 28.5 Å². The van der Waals surface area contributed by atoms with Crippen LogP contribution in [-0.2, 0) is 20.9 Å². The molecule has 1 aromatic carbocycles. The van der Waals surface area contributed by atoms with Crippen LogP contribution in [0.1, 0.15) is 12.5 Å². The summed E-state index contributed by atoms with van der Waals surface area (Å²) < 4.78 is 0. The van der Waals surface area contributed by atoms with Gasteiger partial charge in [0.05, 0.1) is 6.54 Å². The van der Waals surface area contributed by atoms with E-state index in [1.807, 2.05) is 30.3 Å². The van der Waals surface area contributed by atoms with E-state index in [0.29, 0.717) is 6.29 Å². The summed E-state index contributed by atoms with van der Waals surface area (Å²) in [5.41, 5.74) is -0.164. The molecule has 108 valence electrons. The Hall–Kier alpha value is -2.69. The monoisotopic (exact) mass is 284 g/mol. The molecule has 5 heteroatoms. The van der Waals surface area contributed by atoms with E-state index >= 15 is 0 Å². The molecular formula is C16H16N2O3. The molecule has 0 unspecified atom stereocenters. The minimum absolute atomic E-state index is 0.220. The fraction of sp³-hybridized carbons (Fsp3) is 0.188. The molecule has 1 heterocycles. The maximum absolute atomic E-state index is 12.5. The summed E-state index contributed by atoms with van der Waals surface area (Å²) in [4.78, 5) is 36.0. The van der Waals surface area contributed by atoms with Crippen LogP contribution >= 0.6 is 0 Å². The van der Waals surface area contributed by atoms with E-state index in [1.165, 1.54) is 29.3 Å². The molecule has 0 spiro atoms. The summed E-state index contributed by atoms with van der Waals surface area (Å²) in [5.74, 6) is -0.697. The van der Waals surface area contributed by atoms with E-state index in [0.717, 1.165) is 5.56 Å². The first-order chi connectivity index (χ1) is 10.1. The van der Waals surface area contributed by atoms with Gasteiger partial charge in [0.2, 0.25) is 0 Å². The number of hydrogen-bond acceptors (Lipinski definition) is 4. The maximum atomic E-state index is 12.5. The topological polar surface area (TPSA) is 66.5 Å². The summed E-state index contributed by atoms with van der Waals surface area (Å²) in [6.45, 7) is 1.88. The SMILES string of the molecule is C[C@]1(N/C=C/C=O)C=CC(=O)N(Cc2ccccc2)C1=O. The van der Waals surface area contributed by atoms with Crippen molar-refractivity contribution in [3.8, 4) is 0 Å². The average Bonchev–Trinajstić information content (AvgIpc) is 2.50. The van der Waals surface area contributed by atoms with Gasteiger partial charge in [0.1, 0.15) is 11.8 Å². The van der Waals surface area contributed by atoms with E-state index in [4.69, 9.17) is 0 Å². The fourth-order valence-electron chi connectivity index (χ4n) is 2.07. The molecule has 2 amide bonds. The van der Waals surface area contributed by atoms with Crippen LogP contribution in [0.15, 0.2) is 54.8 Å². The summed E-state index contributed by atoms with van der Waals surface area (Å²) in [6, 6.07) is 9.30. The van der Waals surface area contributed by atoms with Crippen molar-refractivity contribution in [1.29, 1.82) is 0 Å². The van der Waals surface area contributed by atoms with Crippen molar-refractivity contribution in [1.82, 2.24) is 10.2 Å². The van der Waals surface area contributed by atoms with E-state index in [9.17, 15) is 14.4 Å². The van der Waals surface area contributed by atoms with Gasteiger partial charge in [-0.3, -0.25) is 19.3 Å². The van der Waals surface area contributed by atoms with E-state index in [1.54, 1.807) is 6.92 Å². The lowest BCUT2D eigenvalue weighted by Crippen LogP contribution is -2.57. The Bertz CT molecular complexity index is 607. The highest BCUT2D eigenvalue weighted by molar-refractivity contribution is 6.08. The molecule has 2 rings (SSSR count). The number of amides is 2. The number of carbonyl (C=O) groups excluding carboxylic acids is 3. The second kappa shape index (κ2) is 6.17. The Labute approximate surface area is 122 Å². The Morgan fingerprint density at radius 3 is 2.62 bits per heavy atom. The van der Waals surface area contributed by atoms with Gasteiger partial charge in [-0.25, -0.2) is 0 Å². The molecule has 1 aliphatic rings. The fourth-order valence-corrected chi connectivity index (χ4v) is 2.07. The van der Waals surface area contributed by atoms with Crippen LogP contribution in [0, 0.1) is 0 Å². The summed E-state index contributed by atoms with van der Waals surface area (Å²) in [5, 5.41) is 2.84. The van der Waals surface area contributed by atoms with Crippen LogP contribution in [0.3, 0.4) is 0 Å².